The maximum absolute atomic E-state index is 10.9. The third-order valence-corrected chi connectivity index (χ3v) is 4.79. The van der Waals surface area contributed by atoms with Crippen molar-refractivity contribution in [1.29, 1.82) is 0 Å². The van der Waals surface area contributed by atoms with Gasteiger partial charge in [0.15, 0.2) is 5.69 Å². The summed E-state index contributed by atoms with van der Waals surface area (Å²) < 4.78 is 0. The van der Waals surface area contributed by atoms with E-state index in [-0.39, 0.29) is 11.7 Å². The summed E-state index contributed by atoms with van der Waals surface area (Å²) in [7, 11) is 2.07. The van der Waals surface area contributed by atoms with E-state index in [2.05, 4.69) is 16.9 Å². The Labute approximate surface area is 103 Å². The van der Waals surface area contributed by atoms with Gasteiger partial charge < -0.3 is 5.11 Å². The summed E-state index contributed by atoms with van der Waals surface area (Å²) in [6.45, 7) is 2.86. The molecule has 16 heavy (non-hydrogen) atoms. The SMILES string of the molecule is Cc1sc(C2CSCCN2C)nc1C(=O)O. The van der Waals surface area contributed by atoms with E-state index in [1.165, 1.54) is 11.3 Å². The van der Waals surface area contributed by atoms with Crippen LogP contribution in [0.15, 0.2) is 0 Å². The zero-order valence-corrected chi connectivity index (χ0v) is 10.9. The van der Waals surface area contributed by atoms with Crippen molar-refractivity contribution in [3.05, 3.63) is 15.6 Å². The minimum atomic E-state index is -0.925. The molecule has 2 heterocycles. The van der Waals surface area contributed by atoms with E-state index in [0.717, 1.165) is 27.9 Å². The summed E-state index contributed by atoms with van der Waals surface area (Å²) in [6, 6.07) is 0.274. The first-order valence-corrected chi connectivity index (χ1v) is 7.05. The lowest BCUT2D eigenvalue weighted by atomic mass is 10.3. The summed E-state index contributed by atoms with van der Waals surface area (Å²) >= 11 is 3.41. The standard InChI is InChI=1S/C10H14N2O2S2/c1-6-8(10(13)14)11-9(16-6)7-5-15-4-3-12(7)2/h7H,3-5H2,1-2H3,(H,13,14). The van der Waals surface area contributed by atoms with Gasteiger partial charge in [0.05, 0.1) is 6.04 Å². The first kappa shape index (κ1) is 11.9. The molecule has 1 aliphatic heterocycles. The number of nitrogens with zero attached hydrogens (tertiary/aromatic N) is 2. The molecule has 1 N–H and O–H groups in total. The van der Waals surface area contributed by atoms with Gasteiger partial charge in [-0.05, 0) is 14.0 Å². The lowest BCUT2D eigenvalue weighted by molar-refractivity contribution is 0.0690. The van der Waals surface area contributed by atoms with Crippen molar-refractivity contribution in [3.63, 3.8) is 0 Å². The quantitative estimate of drug-likeness (QED) is 0.877. The Kier molecular flexibility index (Phi) is 3.51. The van der Waals surface area contributed by atoms with Crippen molar-refractivity contribution in [2.45, 2.75) is 13.0 Å². The Morgan fingerprint density at radius 1 is 1.62 bits per heavy atom. The Bertz CT molecular complexity index is 406. The number of aryl methyl sites for hydroxylation is 1. The molecule has 1 fully saturated rings. The number of rotatable bonds is 2. The predicted molar refractivity (Wildman–Crippen MR) is 66.5 cm³/mol. The summed E-state index contributed by atoms with van der Waals surface area (Å²) in [5.41, 5.74) is 0.212. The molecule has 0 spiro atoms. The highest BCUT2D eigenvalue weighted by molar-refractivity contribution is 7.99. The molecule has 1 unspecified atom stereocenters. The Morgan fingerprint density at radius 2 is 2.38 bits per heavy atom. The summed E-state index contributed by atoms with van der Waals surface area (Å²) in [5, 5.41) is 9.90. The molecule has 1 aromatic heterocycles. The van der Waals surface area contributed by atoms with Gasteiger partial charge >= 0.3 is 5.97 Å². The Morgan fingerprint density at radius 3 is 2.94 bits per heavy atom. The third-order valence-electron chi connectivity index (χ3n) is 2.70. The molecule has 1 atom stereocenters. The monoisotopic (exact) mass is 258 g/mol. The van der Waals surface area contributed by atoms with Crippen LogP contribution in [0.4, 0.5) is 0 Å². The number of thiazole rings is 1. The average molecular weight is 258 g/mol. The van der Waals surface area contributed by atoms with Crippen LogP contribution in [-0.2, 0) is 0 Å². The molecule has 1 aliphatic rings. The highest BCUT2D eigenvalue weighted by Gasteiger charge is 2.26. The smallest absolute Gasteiger partial charge is 0.355 e. The molecule has 0 aromatic carbocycles. The second-order valence-corrected chi connectivity index (χ2v) is 6.22. The van der Waals surface area contributed by atoms with Crippen LogP contribution >= 0.6 is 23.1 Å². The van der Waals surface area contributed by atoms with Crippen LogP contribution in [0.5, 0.6) is 0 Å². The van der Waals surface area contributed by atoms with E-state index >= 15 is 0 Å². The molecular weight excluding hydrogens is 244 g/mol. The molecule has 0 radical (unpaired) electrons. The minimum absolute atomic E-state index is 0.212. The molecule has 4 nitrogen and oxygen atoms in total. The molecule has 1 aromatic rings. The van der Waals surface area contributed by atoms with Gasteiger partial charge in [-0.25, -0.2) is 9.78 Å². The van der Waals surface area contributed by atoms with Crippen LogP contribution in [0.2, 0.25) is 0 Å². The molecule has 0 bridgehead atoms. The molecule has 0 saturated carbocycles. The van der Waals surface area contributed by atoms with Crippen LogP contribution in [0.3, 0.4) is 0 Å². The van der Waals surface area contributed by atoms with Gasteiger partial charge in [-0.1, -0.05) is 0 Å². The van der Waals surface area contributed by atoms with Crippen LogP contribution in [-0.4, -0.2) is 46.1 Å². The van der Waals surface area contributed by atoms with Gasteiger partial charge in [-0.3, -0.25) is 4.90 Å². The number of carboxylic acids is 1. The van der Waals surface area contributed by atoms with Gasteiger partial charge in [0, 0.05) is 22.9 Å². The summed E-state index contributed by atoms with van der Waals surface area (Å²) in [4.78, 5) is 18.2. The second-order valence-electron chi connectivity index (χ2n) is 3.83. The first-order chi connectivity index (χ1) is 7.59. The van der Waals surface area contributed by atoms with Crippen molar-refractivity contribution in [2.24, 2.45) is 0 Å². The average Bonchev–Trinajstić information content (AvgIpc) is 2.61. The number of thioether (sulfide) groups is 1. The molecule has 0 amide bonds. The fourth-order valence-corrected chi connectivity index (χ4v) is 4.11. The lowest BCUT2D eigenvalue weighted by Crippen LogP contribution is -2.32. The minimum Gasteiger partial charge on any atom is -0.476 e. The molecular formula is C10H14N2O2S2. The van der Waals surface area contributed by atoms with E-state index < -0.39 is 5.97 Å². The molecule has 88 valence electrons. The fraction of sp³-hybridized carbons (Fsp3) is 0.600. The number of aromatic nitrogens is 1. The van der Waals surface area contributed by atoms with E-state index in [9.17, 15) is 4.79 Å². The summed E-state index contributed by atoms with van der Waals surface area (Å²) in [5.74, 6) is 1.22. The summed E-state index contributed by atoms with van der Waals surface area (Å²) in [6.07, 6.45) is 0. The van der Waals surface area contributed by atoms with Crippen LogP contribution in [0.1, 0.15) is 26.4 Å². The number of hydrogen-bond acceptors (Lipinski definition) is 5. The number of carboxylic acid groups (broad SMARTS) is 1. The number of hydrogen-bond donors (Lipinski definition) is 1. The molecule has 1 saturated heterocycles. The van der Waals surface area contributed by atoms with Crippen LogP contribution in [0.25, 0.3) is 0 Å². The highest BCUT2D eigenvalue weighted by atomic mass is 32.2. The maximum atomic E-state index is 10.9. The van der Waals surface area contributed by atoms with Crippen LogP contribution < -0.4 is 0 Å². The highest BCUT2D eigenvalue weighted by Crippen LogP contribution is 2.32. The van der Waals surface area contributed by atoms with E-state index in [0.29, 0.717) is 0 Å². The number of carbonyl (C=O) groups is 1. The normalized spacial score (nSPS) is 22.2. The Balaban J connectivity index is 2.26. The van der Waals surface area contributed by atoms with E-state index in [4.69, 9.17) is 5.11 Å². The topological polar surface area (TPSA) is 53.4 Å². The Hall–Kier alpha value is -0.590. The first-order valence-electron chi connectivity index (χ1n) is 5.08. The van der Waals surface area contributed by atoms with E-state index in [1.807, 2.05) is 18.7 Å². The van der Waals surface area contributed by atoms with Gasteiger partial charge in [0.1, 0.15) is 5.01 Å². The second kappa shape index (κ2) is 4.73. The molecule has 2 rings (SSSR count). The van der Waals surface area contributed by atoms with Gasteiger partial charge in [0.25, 0.3) is 0 Å². The maximum Gasteiger partial charge on any atom is 0.355 e. The largest absolute Gasteiger partial charge is 0.476 e. The van der Waals surface area contributed by atoms with Gasteiger partial charge in [-0.15, -0.1) is 11.3 Å². The third kappa shape index (κ3) is 2.23. The lowest BCUT2D eigenvalue weighted by Gasteiger charge is -2.30. The van der Waals surface area contributed by atoms with Crippen molar-refractivity contribution in [2.75, 3.05) is 25.1 Å². The zero-order chi connectivity index (χ0) is 11.7. The number of aromatic carboxylic acids is 1. The van der Waals surface area contributed by atoms with Crippen molar-refractivity contribution in [1.82, 2.24) is 9.88 Å². The van der Waals surface area contributed by atoms with Crippen LogP contribution in [0, 0.1) is 6.92 Å². The fourth-order valence-electron chi connectivity index (χ4n) is 1.70. The molecule has 0 aliphatic carbocycles. The van der Waals surface area contributed by atoms with Crippen molar-refractivity contribution in [3.8, 4) is 0 Å². The molecule has 6 heteroatoms. The van der Waals surface area contributed by atoms with Gasteiger partial charge in [-0.2, -0.15) is 11.8 Å². The van der Waals surface area contributed by atoms with E-state index in [1.54, 1.807) is 0 Å². The van der Waals surface area contributed by atoms with Crippen molar-refractivity contribution < 1.29 is 9.90 Å². The zero-order valence-electron chi connectivity index (χ0n) is 9.27. The van der Waals surface area contributed by atoms with Crippen molar-refractivity contribution >= 4 is 29.1 Å². The predicted octanol–water partition coefficient (Wildman–Crippen LogP) is 1.87. The van der Waals surface area contributed by atoms with Gasteiger partial charge in [0.2, 0.25) is 0 Å².